The van der Waals surface area contributed by atoms with E-state index in [0.717, 1.165) is 29.2 Å². The average Bonchev–Trinajstić information content (AvgIpc) is 3.04. The number of Topliss-reactive ketones (excluding diaryl/α,β-unsaturated/α-hetero) is 1. The topological polar surface area (TPSA) is 68.1 Å². The van der Waals surface area contributed by atoms with Gasteiger partial charge in [0.15, 0.2) is 12.1 Å². The predicted octanol–water partition coefficient (Wildman–Crippen LogP) is 2.11. The summed E-state index contributed by atoms with van der Waals surface area (Å²) < 4.78 is 39.8. The molecule has 0 fully saturated rings. The second-order valence-corrected chi connectivity index (χ2v) is 5.06. The zero-order valence-corrected chi connectivity index (χ0v) is 12.8. The molecule has 9 heteroatoms. The lowest BCUT2D eigenvalue weighted by Gasteiger charge is -2.13. The maximum absolute atomic E-state index is 12.9. The van der Waals surface area contributed by atoms with Gasteiger partial charge in [-0.15, -0.1) is 0 Å². The fourth-order valence-corrected chi connectivity index (χ4v) is 2.00. The van der Waals surface area contributed by atoms with Crippen molar-refractivity contribution in [3.63, 3.8) is 0 Å². The van der Waals surface area contributed by atoms with Gasteiger partial charge < -0.3 is 4.90 Å². The molecule has 24 heavy (non-hydrogen) atoms. The number of aromatic nitrogens is 3. The van der Waals surface area contributed by atoms with Crippen LogP contribution in [0.5, 0.6) is 0 Å². The van der Waals surface area contributed by atoms with Crippen LogP contribution < -0.4 is 0 Å². The minimum Gasteiger partial charge on any atom is -0.383 e. The number of rotatable bonds is 5. The molecule has 0 aliphatic carbocycles. The Bertz CT molecular complexity index is 781. The van der Waals surface area contributed by atoms with Crippen molar-refractivity contribution in [2.75, 3.05) is 14.1 Å². The number of aldehydes is 1. The Hall–Kier alpha value is -2.97. The van der Waals surface area contributed by atoms with E-state index in [9.17, 15) is 22.8 Å². The van der Waals surface area contributed by atoms with Crippen LogP contribution in [-0.2, 0) is 11.0 Å². The summed E-state index contributed by atoms with van der Waals surface area (Å²) in [4.78, 5) is 28.8. The van der Waals surface area contributed by atoms with Crippen molar-refractivity contribution in [3.8, 4) is 5.69 Å². The van der Waals surface area contributed by atoms with Crippen molar-refractivity contribution >= 4 is 12.1 Å². The minimum absolute atomic E-state index is 0.0892. The van der Waals surface area contributed by atoms with Crippen molar-refractivity contribution in [1.29, 1.82) is 0 Å². The summed E-state index contributed by atoms with van der Waals surface area (Å²) in [6, 6.07) is 2.60. The maximum atomic E-state index is 12.9. The molecule has 0 N–H and O–H groups in total. The molecule has 0 saturated heterocycles. The van der Waals surface area contributed by atoms with Crippen LogP contribution in [0, 0.1) is 0 Å². The van der Waals surface area contributed by atoms with Gasteiger partial charge in [-0.3, -0.25) is 9.59 Å². The molecule has 6 nitrogen and oxygen atoms in total. The number of halogens is 3. The first-order valence-electron chi connectivity index (χ1n) is 6.68. The number of hydrogen-bond donors (Lipinski definition) is 0. The zero-order chi connectivity index (χ0) is 17.9. The minimum atomic E-state index is -4.58. The summed E-state index contributed by atoms with van der Waals surface area (Å²) in [7, 11) is 3.23. The summed E-state index contributed by atoms with van der Waals surface area (Å²) in [5.41, 5.74) is -1.33. The Balaban J connectivity index is 2.62. The van der Waals surface area contributed by atoms with Crippen LogP contribution in [-0.4, -0.2) is 45.8 Å². The van der Waals surface area contributed by atoms with Crippen molar-refractivity contribution in [2.24, 2.45) is 0 Å². The van der Waals surface area contributed by atoms with Gasteiger partial charge in [-0.2, -0.15) is 18.3 Å². The van der Waals surface area contributed by atoms with Crippen molar-refractivity contribution < 1.29 is 22.8 Å². The van der Waals surface area contributed by atoms with Gasteiger partial charge in [-0.25, -0.2) is 9.67 Å². The molecule has 0 bridgehead atoms. The second kappa shape index (κ2) is 6.65. The Morgan fingerprint density at radius 1 is 1.29 bits per heavy atom. The Labute approximate surface area is 135 Å². The molecule has 0 amide bonds. The molecule has 0 saturated carbocycles. The lowest BCUT2D eigenvalue weighted by molar-refractivity contribution is -0.137. The molecule has 0 aliphatic heterocycles. The third-order valence-corrected chi connectivity index (χ3v) is 3.02. The van der Waals surface area contributed by atoms with Gasteiger partial charge in [0.05, 0.1) is 16.8 Å². The highest BCUT2D eigenvalue weighted by molar-refractivity contribution is 6.21. The second-order valence-electron chi connectivity index (χ2n) is 5.06. The van der Waals surface area contributed by atoms with Crippen molar-refractivity contribution in [2.45, 2.75) is 6.18 Å². The number of carbonyl (C=O) groups is 2. The van der Waals surface area contributed by atoms with Crippen LogP contribution in [0.3, 0.4) is 0 Å². The van der Waals surface area contributed by atoms with E-state index in [1.807, 2.05) is 0 Å². The van der Waals surface area contributed by atoms with Gasteiger partial charge in [0.2, 0.25) is 0 Å². The fraction of sp³-hybridized carbons (Fsp3) is 0.200. The lowest BCUT2D eigenvalue weighted by atomic mass is 10.0. The number of nitrogens with zero attached hydrogens (tertiary/aromatic N) is 4. The smallest absolute Gasteiger partial charge is 0.383 e. The van der Waals surface area contributed by atoms with Crippen LogP contribution in [0.4, 0.5) is 13.2 Å². The van der Waals surface area contributed by atoms with E-state index >= 15 is 0 Å². The highest BCUT2D eigenvalue weighted by Crippen LogP contribution is 2.32. The van der Waals surface area contributed by atoms with Crippen LogP contribution in [0.25, 0.3) is 5.69 Å². The Morgan fingerprint density at radius 2 is 2.00 bits per heavy atom. The fourth-order valence-electron chi connectivity index (χ4n) is 2.00. The van der Waals surface area contributed by atoms with Crippen LogP contribution >= 0.6 is 0 Å². The predicted molar refractivity (Wildman–Crippen MR) is 78.5 cm³/mol. The van der Waals surface area contributed by atoms with Crippen molar-refractivity contribution in [3.05, 3.63) is 53.8 Å². The summed E-state index contributed by atoms with van der Waals surface area (Å²) in [5.74, 6) is -0.710. The third kappa shape index (κ3) is 3.67. The molecule has 1 heterocycles. The zero-order valence-electron chi connectivity index (χ0n) is 12.8. The third-order valence-electron chi connectivity index (χ3n) is 3.02. The monoisotopic (exact) mass is 338 g/mol. The molecule has 126 valence electrons. The molecule has 0 atom stereocenters. The normalized spacial score (nSPS) is 12.1. The number of alkyl halides is 3. The van der Waals surface area contributed by atoms with Crippen molar-refractivity contribution in [1.82, 2.24) is 19.7 Å². The van der Waals surface area contributed by atoms with Gasteiger partial charge in [-0.05, 0) is 18.2 Å². The van der Waals surface area contributed by atoms with Gasteiger partial charge >= 0.3 is 6.18 Å². The number of hydrogen-bond acceptors (Lipinski definition) is 5. The first-order chi connectivity index (χ1) is 11.2. The van der Waals surface area contributed by atoms with E-state index in [1.165, 1.54) is 17.4 Å². The van der Waals surface area contributed by atoms with E-state index in [1.54, 1.807) is 14.1 Å². The van der Waals surface area contributed by atoms with Gasteiger partial charge in [0.25, 0.3) is 0 Å². The largest absolute Gasteiger partial charge is 0.416 e. The molecule has 2 aromatic rings. The van der Waals surface area contributed by atoms with Crippen LogP contribution in [0.2, 0.25) is 0 Å². The number of ketones is 1. The Morgan fingerprint density at radius 3 is 2.50 bits per heavy atom. The maximum Gasteiger partial charge on any atom is 0.416 e. The number of allylic oxidation sites excluding steroid dienone is 1. The quantitative estimate of drug-likeness (QED) is 0.275. The Kier molecular flexibility index (Phi) is 4.82. The van der Waals surface area contributed by atoms with Gasteiger partial charge in [0, 0.05) is 25.9 Å². The van der Waals surface area contributed by atoms with E-state index < -0.39 is 17.5 Å². The highest BCUT2D eigenvalue weighted by atomic mass is 19.4. The number of carbonyl (C=O) groups excluding carboxylic acids is 2. The molecule has 1 aromatic heterocycles. The first-order valence-corrected chi connectivity index (χ1v) is 6.68. The molecule has 0 radical (unpaired) electrons. The molecule has 0 aliphatic rings. The summed E-state index contributed by atoms with van der Waals surface area (Å²) in [6.45, 7) is 0. The average molecular weight is 338 g/mol. The van der Waals surface area contributed by atoms with Crippen LogP contribution in [0.15, 0.2) is 42.6 Å². The van der Waals surface area contributed by atoms with Gasteiger partial charge in [-0.1, -0.05) is 0 Å². The molecule has 0 unspecified atom stereocenters. The van der Waals surface area contributed by atoms with Gasteiger partial charge in [0.1, 0.15) is 12.7 Å². The molecule has 2 rings (SSSR count). The molecular formula is C15H13F3N4O2. The molecular weight excluding hydrogens is 325 g/mol. The van der Waals surface area contributed by atoms with E-state index in [2.05, 4.69) is 10.1 Å². The number of benzene rings is 1. The van der Waals surface area contributed by atoms with Crippen LogP contribution in [0.1, 0.15) is 15.9 Å². The molecule has 1 aromatic carbocycles. The highest BCUT2D eigenvalue weighted by Gasteiger charge is 2.32. The molecule has 0 spiro atoms. The standard InChI is InChI=1S/C15H13F3N4O2/c1-21(2)6-10(7-23)14(24)12-4-3-11(15(16,17)18)5-13(12)22-9-19-8-20-22/h3-9H,1-2H3. The summed E-state index contributed by atoms with van der Waals surface area (Å²) in [5, 5.41) is 3.77. The van der Waals surface area contributed by atoms with E-state index in [-0.39, 0.29) is 16.8 Å². The summed E-state index contributed by atoms with van der Waals surface area (Å²) in [6.07, 6.45) is -0.638. The lowest BCUT2D eigenvalue weighted by Crippen LogP contribution is -2.15. The summed E-state index contributed by atoms with van der Waals surface area (Å²) >= 11 is 0. The van der Waals surface area contributed by atoms with E-state index in [4.69, 9.17) is 0 Å². The first kappa shape index (κ1) is 17.4. The SMILES string of the molecule is CN(C)C=C(C=O)C(=O)c1ccc(C(F)(F)F)cc1-n1cncn1. The van der Waals surface area contributed by atoms with E-state index in [0.29, 0.717) is 6.29 Å².